The van der Waals surface area contributed by atoms with E-state index in [9.17, 15) is 14.4 Å². The maximum atomic E-state index is 13.3. The van der Waals surface area contributed by atoms with Gasteiger partial charge in [0.15, 0.2) is 0 Å². The van der Waals surface area contributed by atoms with Crippen LogP contribution >= 0.6 is 0 Å². The van der Waals surface area contributed by atoms with Crippen LogP contribution in [0.15, 0.2) is 51.0 Å². The van der Waals surface area contributed by atoms with Crippen LogP contribution in [0.3, 0.4) is 0 Å². The molecule has 2 aromatic rings. The van der Waals surface area contributed by atoms with Crippen molar-refractivity contribution < 1.29 is 28.2 Å². The third-order valence-electron chi connectivity index (χ3n) is 4.90. The summed E-state index contributed by atoms with van der Waals surface area (Å²) in [6.45, 7) is 1.64. The third kappa shape index (κ3) is 2.62. The number of hydrogen-bond acceptors (Lipinski definition) is 8. The summed E-state index contributed by atoms with van der Waals surface area (Å²) in [4.78, 5) is 39.2. The molecule has 1 atom stereocenters. The van der Waals surface area contributed by atoms with Gasteiger partial charge in [0.05, 0.1) is 6.61 Å². The smallest absolute Gasteiger partial charge is 0.344 e. The molecule has 3 N–H and O–H groups in total. The zero-order valence-electron chi connectivity index (χ0n) is 15.7. The summed E-state index contributed by atoms with van der Waals surface area (Å²) in [6, 6.07) is 8.16. The van der Waals surface area contributed by atoms with E-state index in [1.165, 1.54) is 13.2 Å². The summed E-state index contributed by atoms with van der Waals surface area (Å²) in [5.74, 6) is -1.51. The minimum atomic E-state index is -1.85. The molecule has 150 valence electrons. The Morgan fingerprint density at radius 2 is 2.00 bits per heavy atom. The lowest BCUT2D eigenvalue weighted by molar-refractivity contribution is -0.142. The second kappa shape index (κ2) is 6.78. The molecule has 0 aliphatic carbocycles. The monoisotopic (exact) mass is 398 g/mol. The quantitative estimate of drug-likeness (QED) is 0.575. The van der Waals surface area contributed by atoms with Crippen LogP contribution in [-0.4, -0.2) is 32.2 Å². The van der Waals surface area contributed by atoms with Gasteiger partial charge in [0.25, 0.3) is 0 Å². The van der Waals surface area contributed by atoms with Crippen molar-refractivity contribution in [3.8, 4) is 5.75 Å². The highest BCUT2D eigenvalue weighted by Crippen LogP contribution is 2.52. The van der Waals surface area contributed by atoms with Crippen LogP contribution < -0.4 is 21.4 Å². The fraction of sp³-hybridized carbons (Fsp3) is 0.250. The second-order valence-electron chi connectivity index (χ2n) is 6.60. The van der Waals surface area contributed by atoms with Crippen LogP contribution in [0.25, 0.3) is 0 Å². The number of esters is 1. The molecule has 1 spiro atoms. The Morgan fingerprint density at radius 1 is 1.24 bits per heavy atom. The number of methoxy groups -OCH3 is 1. The first-order chi connectivity index (χ1) is 13.9. The van der Waals surface area contributed by atoms with Gasteiger partial charge in [-0.1, -0.05) is 18.2 Å². The second-order valence-corrected chi connectivity index (χ2v) is 6.60. The molecule has 29 heavy (non-hydrogen) atoms. The number of ether oxygens (including phenoxy) is 3. The highest BCUT2D eigenvalue weighted by molar-refractivity contribution is 6.17. The van der Waals surface area contributed by atoms with Crippen LogP contribution in [0.5, 0.6) is 5.75 Å². The Balaban J connectivity index is 2.02. The summed E-state index contributed by atoms with van der Waals surface area (Å²) in [5.41, 5.74) is 3.85. The molecular weight excluding hydrogens is 380 g/mol. The van der Waals surface area contributed by atoms with Crippen LogP contribution in [-0.2, 0) is 24.5 Å². The predicted octanol–water partition coefficient (Wildman–Crippen LogP) is 0.939. The average molecular weight is 398 g/mol. The first kappa shape index (κ1) is 18.8. The van der Waals surface area contributed by atoms with Gasteiger partial charge in [-0.15, -0.1) is 0 Å². The molecule has 0 bridgehead atoms. The van der Waals surface area contributed by atoms with Crippen molar-refractivity contribution in [3.63, 3.8) is 0 Å². The Hall–Kier alpha value is -3.59. The molecule has 0 saturated carbocycles. The van der Waals surface area contributed by atoms with Crippen LogP contribution in [0.1, 0.15) is 16.9 Å². The van der Waals surface area contributed by atoms with Crippen LogP contribution in [0.4, 0.5) is 5.69 Å². The number of aryl methyl sites for hydroxylation is 1. The number of benzene rings is 1. The molecule has 0 saturated heterocycles. The lowest BCUT2D eigenvalue weighted by Crippen LogP contribution is -2.48. The van der Waals surface area contributed by atoms with Crippen molar-refractivity contribution in [2.24, 2.45) is 5.73 Å². The highest BCUT2D eigenvalue weighted by Gasteiger charge is 2.60. The number of carbonyl (C=O) groups is 2. The van der Waals surface area contributed by atoms with E-state index in [1.807, 2.05) is 0 Å². The number of carbonyl (C=O) groups excluding carboxylic acids is 2. The number of para-hydroxylation sites is 1. The van der Waals surface area contributed by atoms with Gasteiger partial charge < -0.3 is 29.7 Å². The van der Waals surface area contributed by atoms with Gasteiger partial charge >= 0.3 is 11.6 Å². The molecule has 1 amide bonds. The summed E-state index contributed by atoms with van der Waals surface area (Å²) < 4.78 is 20.9. The number of anilines is 1. The minimum Gasteiger partial charge on any atom is -0.460 e. The van der Waals surface area contributed by atoms with Gasteiger partial charge in [0.1, 0.15) is 34.7 Å². The van der Waals surface area contributed by atoms with E-state index < -0.39 is 22.9 Å². The molecule has 2 aliphatic rings. The molecule has 3 heterocycles. The van der Waals surface area contributed by atoms with E-state index >= 15 is 0 Å². The number of amides is 1. The van der Waals surface area contributed by atoms with E-state index in [-0.39, 0.29) is 41.7 Å². The Morgan fingerprint density at radius 3 is 2.76 bits per heavy atom. The number of fused-ring (bicyclic) bond motifs is 4. The summed E-state index contributed by atoms with van der Waals surface area (Å²) in [5, 5.41) is 2.72. The summed E-state index contributed by atoms with van der Waals surface area (Å²) in [6.07, 6.45) is 0. The Bertz CT molecular complexity index is 1120. The molecule has 4 rings (SSSR count). The normalized spacial score (nSPS) is 19.4. The molecular formula is C20H18N2O7. The largest absolute Gasteiger partial charge is 0.460 e. The van der Waals surface area contributed by atoms with E-state index in [1.54, 1.807) is 31.2 Å². The molecule has 1 aromatic heterocycles. The maximum absolute atomic E-state index is 13.3. The van der Waals surface area contributed by atoms with Crippen molar-refractivity contribution in [2.75, 3.05) is 25.6 Å². The lowest BCUT2D eigenvalue weighted by Gasteiger charge is -2.34. The van der Waals surface area contributed by atoms with Crippen LogP contribution in [0, 0.1) is 6.92 Å². The zero-order valence-corrected chi connectivity index (χ0v) is 15.7. The molecule has 9 heteroatoms. The van der Waals surface area contributed by atoms with Crippen molar-refractivity contribution in [1.82, 2.24) is 0 Å². The Labute approximate surface area is 165 Å². The van der Waals surface area contributed by atoms with E-state index in [0.717, 1.165) is 0 Å². The molecule has 0 radical (unpaired) electrons. The first-order valence-corrected chi connectivity index (χ1v) is 8.81. The van der Waals surface area contributed by atoms with Gasteiger partial charge in [-0.3, -0.25) is 4.79 Å². The number of rotatable bonds is 4. The van der Waals surface area contributed by atoms with Gasteiger partial charge in [0.2, 0.25) is 11.8 Å². The fourth-order valence-corrected chi connectivity index (χ4v) is 3.78. The SMILES string of the molecule is COCCOC(=O)C1=C(N)Oc2cc(C)oc(=O)c2C12C(=O)Nc1ccccc12. The molecule has 9 nitrogen and oxygen atoms in total. The minimum absolute atomic E-state index is 0.0524. The molecule has 1 aromatic carbocycles. The van der Waals surface area contributed by atoms with E-state index in [0.29, 0.717) is 11.3 Å². The van der Waals surface area contributed by atoms with E-state index in [4.69, 9.17) is 24.4 Å². The highest BCUT2D eigenvalue weighted by atomic mass is 16.6. The standard InChI is InChI=1S/C20H18N2O7/c1-10-9-13-14(18(24)28-10)20(11-5-3-4-6-12(11)22-19(20)25)15(16(21)29-13)17(23)27-8-7-26-2/h3-6,9H,7-8,21H2,1-2H3,(H,22,25). The van der Waals surface area contributed by atoms with Crippen molar-refractivity contribution in [3.05, 3.63) is 69.1 Å². The third-order valence-corrected chi connectivity index (χ3v) is 4.90. The zero-order chi connectivity index (χ0) is 20.8. The molecule has 1 unspecified atom stereocenters. The lowest BCUT2D eigenvalue weighted by atomic mass is 9.69. The van der Waals surface area contributed by atoms with Gasteiger partial charge in [0, 0.05) is 24.4 Å². The maximum Gasteiger partial charge on any atom is 0.344 e. The number of nitrogens with one attached hydrogen (secondary N) is 1. The van der Waals surface area contributed by atoms with Crippen molar-refractivity contribution >= 4 is 17.6 Å². The van der Waals surface area contributed by atoms with Crippen molar-refractivity contribution in [1.29, 1.82) is 0 Å². The molecule has 0 fully saturated rings. The van der Waals surface area contributed by atoms with Gasteiger partial charge in [-0.2, -0.15) is 0 Å². The first-order valence-electron chi connectivity index (χ1n) is 8.81. The Kier molecular flexibility index (Phi) is 4.39. The summed E-state index contributed by atoms with van der Waals surface area (Å²) in [7, 11) is 1.46. The van der Waals surface area contributed by atoms with Gasteiger partial charge in [-0.05, 0) is 13.0 Å². The number of hydrogen-bond donors (Lipinski definition) is 2. The van der Waals surface area contributed by atoms with Gasteiger partial charge in [-0.25, -0.2) is 9.59 Å². The van der Waals surface area contributed by atoms with E-state index in [2.05, 4.69) is 5.32 Å². The fourth-order valence-electron chi connectivity index (χ4n) is 3.78. The number of nitrogens with two attached hydrogens (primary N) is 1. The molecule has 2 aliphatic heterocycles. The van der Waals surface area contributed by atoms with Crippen molar-refractivity contribution in [2.45, 2.75) is 12.3 Å². The van der Waals surface area contributed by atoms with Crippen LogP contribution in [0.2, 0.25) is 0 Å². The topological polar surface area (TPSA) is 130 Å². The average Bonchev–Trinajstić information content (AvgIpc) is 2.93. The summed E-state index contributed by atoms with van der Waals surface area (Å²) >= 11 is 0. The predicted molar refractivity (Wildman–Crippen MR) is 100 cm³/mol.